The molecule has 0 aliphatic heterocycles. The molecule has 4 nitrogen and oxygen atoms in total. The Balaban J connectivity index is 1.80. The summed E-state index contributed by atoms with van der Waals surface area (Å²) in [6.07, 6.45) is 4.15. The maximum atomic E-state index is 5.73. The van der Waals surface area contributed by atoms with Gasteiger partial charge in [-0.05, 0) is 39.3 Å². The molecule has 1 aromatic heterocycles. The van der Waals surface area contributed by atoms with Crippen LogP contribution in [0.1, 0.15) is 18.5 Å². The maximum Gasteiger partial charge on any atom is 0.216 e. The van der Waals surface area contributed by atoms with Crippen LogP contribution in [-0.2, 0) is 0 Å². The summed E-state index contributed by atoms with van der Waals surface area (Å²) in [5, 5.41) is 3.18. The van der Waals surface area contributed by atoms with Crippen LogP contribution in [0.3, 0.4) is 0 Å². The molecule has 0 bridgehead atoms. The number of hydrogen-bond acceptors (Lipinski definition) is 4. The Morgan fingerprint density at radius 3 is 2.93 bits per heavy atom. The van der Waals surface area contributed by atoms with Crippen LogP contribution in [0.5, 0.6) is 5.88 Å². The minimum absolute atomic E-state index is 0.345. The summed E-state index contributed by atoms with van der Waals surface area (Å²) >= 11 is 0. The van der Waals surface area contributed by atoms with Crippen molar-refractivity contribution in [3.63, 3.8) is 0 Å². The van der Waals surface area contributed by atoms with E-state index in [0.29, 0.717) is 12.0 Å². The Kier molecular flexibility index (Phi) is 3.16. The summed E-state index contributed by atoms with van der Waals surface area (Å²) in [5.74, 6) is 1.47. The summed E-state index contributed by atoms with van der Waals surface area (Å²) in [6.45, 7) is 3.03. The second-order valence-electron chi connectivity index (χ2n) is 4.13. The third-order valence-corrected chi connectivity index (χ3v) is 2.75. The highest BCUT2D eigenvalue weighted by Crippen LogP contribution is 2.30. The van der Waals surface area contributed by atoms with Crippen molar-refractivity contribution in [1.82, 2.24) is 15.3 Å². The molecule has 0 atom stereocenters. The minimum Gasteiger partial charge on any atom is -0.474 e. The highest BCUT2D eigenvalue weighted by Gasteiger charge is 2.30. The van der Waals surface area contributed by atoms with E-state index in [0.717, 1.165) is 31.0 Å². The van der Waals surface area contributed by atoms with Crippen LogP contribution < -0.4 is 10.1 Å². The molecule has 0 aromatic carbocycles. The molecule has 0 unspecified atom stereocenters. The lowest BCUT2D eigenvalue weighted by atomic mass is 9.82. The van der Waals surface area contributed by atoms with Gasteiger partial charge >= 0.3 is 0 Å². The van der Waals surface area contributed by atoms with Crippen LogP contribution in [0.4, 0.5) is 0 Å². The van der Waals surface area contributed by atoms with Crippen molar-refractivity contribution in [2.24, 2.45) is 5.92 Å². The zero-order valence-corrected chi connectivity index (χ0v) is 9.23. The molecule has 1 saturated carbocycles. The largest absolute Gasteiger partial charge is 0.474 e. The normalized spacial score (nSPS) is 24.7. The molecule has 0 radical (unpaired) electrons. The van der Waals surface area contributed by atoms with Gasteiger partial charge in [0.15, 0.2) is 0 Å². The lowest BCUT2D eigenvalue weighted by Gasteiger charge is -2.34. The van der Waals surface area contributed by atoms with Crippen molar-refractivity contribution in [1.29, 1.82) is 0 Å². The number of aryl methyl sites for hydroxylation is 1. The summed E-state index contributed by atoms with van der Waals surface area (Å²) in [6, 6.07) is 1.88. The van der Waals surface area contributed by atoms with Gasteiger partial charge in [0.1, 0.15) is 12.4 Å². The number of rotatable bonds is 4. The monoisotopic (exact) mass is 207 g/mol. The third-order valence-electron chi connectivity index (χ3n) is 2.75. The Morgan fingerprint density at radius 1 is 1.47 bits per heavy atom. The van der Waals surface area contributed by atoms with Crippen molar-refractivity contribution in [3.8, 4) is 5.88 Å². The van der Waals surface area contributed by atoms with E-state index in [1.807, 2.05) is 20.0 Å². The standard InChI is InChI=1S/C11H17N3O/c1-8-3-11(14-7-13-8)15-10-4-9(5-10)6-12-2/h3,7,9-10,12H,4-6H2,1-2H3. The molecule has 1 aliphatic carbocycles. The van der Waals surface area contributed by atoms with E-state index in [9.17, 15) is 0 Å². The molecule has 0 spiro atoms. The topological polar surface area (TPSA) is 47.0 Å². The van der Waals surface area contributed by atoms with Crippen molar-refractivity contribution < 1.29 is 4.74 Å². The molecule has 1 aromatic rings. The van der Waals surface area contributed by atoms with Gasteiger partial charge < -0.3 is 10.1 Å². The SMILES string of the molecule is CNCC1CC(Oc2cc(C)ncn2)C1. The van der Waals surface area contributed by atoms with Gasteiger partial charge in [-0.3, -0.25) is 0 Å². The molecule has 15 heavy (non-hydrogen) atoms. The first-order chi connectivity index (χ1) is 7.28. The van der Waals surface area contributed by atoms with E-state index in [1.165, 1.54) is 0 Å². The molecule has 1 aliphatic rings. The average Bonchev–Trinajstić information content (AvgIpc) is 2.15. The molecule has 0 amide bonds. The quantitative estimate of drug-likeness (QED) is 0.805. The summed E-state index contributed by atoms with van der Waals surface area (Å²) < 4.78 is 5.73. The van der Waals surface area contributed by atoms with Gasteiger partial charge in [0.05, 0.1) is 0 Å². The number of nitrogens with one attached hydrogen (secondary N) is 1. The van der Waals surface area contributed by atoms with Gasteiger partial charge in [0, 0.05) is 11.8 Å². The lowest BCUT2D eigenvalue weighted by Crippen LogP contribution is -2.38. The van der Waals surface area contributed by atoms with E-state index < -0.39 is 0 Å². The van der Waals surface area contributed by atoms with Crippen LogP contribution in [0, 0.1) is 12.8 Å². The van der Waals surface area contributed by atoms with Crippen molar-refractivity contribution >= 4 is 0 Å². The molecule has 1 N–H and O–H groups in total. The van der Waals surface area contributed by atoms with Gasteiger partial charge in [-0.1, -0.05) is 0 Å². The van der Waals surface area contributed by atoms with Gasteiger partial charge in [-0.25, -0.2) is 9.97 Å². The molecule has 0 saturated heterocycles. The Bertz CT molecular complexity index is 323. The molecule has 82 valence electrons. The highest BCUT2D eigenvalue weighted by molar-refractivity contribution is 5.12. The van der Waals surface area contributed by atoms with Gasteiger partial charge in [-0.2, -0.15) is 0 Å². The van der Waals surface area contributed by atoms with Crippen LogP contribution in [0.2, 0.25) is 0 Å². The van der Waals surface area contributed by atoms with Crippen molar-refractivity contribution in [2.45, 2.75) is 25.9 Å². The number of hydrogen-bond donors (Lipinski definition) is 1. The van der Waals surface area contributed by atoms with Crippen LogP contribution in [-0.4, -0.2) is 29.7 Å². The highest BCUT2D eigenvalue weighted by atomic mass is 16.5. The van der Waals surface area contributed by atoms with Crippen molar-refractivity contribution in [3.05, 3.63) is 18.1 Å². The molecule has 2 rings (SSSR count). The number of ether oxygens (including phenoxy) is 1. The molecular formula is C11H17N3O. The van der Waals surface area contributed by atoms with Crippen LogP contribution in [0.15, 0.2) is 12.4 Å². The maximum absolute atomic E-state index is 5.73. The molecule has 1 heterocycles. The molecule has 1 fully saturated rings. The van der Waals surface area contributed by atoms with E-state index in [2.05, 4.69) is 15.3 Å². The van der Waals surface area contributed by atoms with E-state index in [-0.39, 0.29) is 0 Å². The fourth-order valence-electron chi connectivity index (χ4n) is 1.89. The summed E-state index contributed by atoms with van der Waals surface area (Å²) in [7, 11) is 1.99. The van der Waals surface area contributed by atoms with E-state index >= 15 is 0 Å². The lowest BCUT2D eigenvalue weighted by molar-refractivity contribution is 0.0615. The smallest absolute Gasteiger partial charge is 0.216 e. The number of aromatic nitrogens is 2. The summed E-state index contributed by atoms with van der Waals surface area (Å²) in [4.78, 5) is 8.12. The zero-order valence-electron chi connectivity index (χ0n) is 9.23. The molecular weight excluding hydrogens is 190 g/mol. The first-order valence-electron chi connectivity index (χ1n) is 5.38. The Morgan fingerprint density at radius 2 is 2.27 bits per heavy atom. The average molecular weight is 207 g/mol. The minimum atomic E-state index is 0.345. The predicted molar refractivity (Wildman–Crippen MR) is 57.8 cm³/mol. The van der Waals surface area contributed by atoms with E-state index in [1.54, 1.807) is 6.33 Å². The van der Waals surface area contributed by atoms with Gasteiger partial charge in [0.25, 0.3) is 0 Å². The van der Waals surface area contributed by atoms with Gasteiger partial charge in [-0.15, -0.1) is 0 Å². The fraction of sp³-hybridized carbons (Fsp3) is 0.636. The first-order valence-corrected chi connectivity index (χ1v) is 5.38. The fourth-order valence-corrected chi connectivity index (χ4v) is 1.89. The predicted octanol–water partition coefficient (Wildman–Crippen LogP) is 1.16. The first kappa shape index (κ1) is 10.4. The second kappa shape index (κ2) is 4.57. The van der Waals surface area contributed by atoms with Crippen LogP contribution >= 0.6 is 0 Å². The Hall–Kier alpha value is -1.16. The summed E-state index contributed by atoms with van der Waals surface area (Å²) in [5.41, 5.74) is 0.950. The van der Waals surface area contributed by atoms with Crippen LogP contribution in [0.25, 0.3) is 0 Å². The second-order valence-corrected chi connectivity index (χ2v) is 4.13. The zero-order chi connectivity index (χ0) is 10.7. The number of nitrogens with zero attached hydrogens (tertiary/aromatic N) is 2. The Labute approximate surface area is 90.1 Å². The molecule has 4 heteroatoms. The third kappa shape index (κ3) is 2.65. The van der Waals surface area contributed by atoms with Crippen molar-refractivity contribution in [2.75, 3.05) is 13.6 Å². The van der Waals surface area contributed by atoms with Gasteiger partial charge in [0.2, 0.25) is 5.88 Å². The van der Waals surface area contributed by atoms with E-state index in [4.69, 9.17) is 4.74 Å².